The zero-order valence-electron chi connectivity index (χ0n) is 12.8. The Morgan fingerprint density at radius 3 is 2.64 bits per heavy atom. The van der Waals surface area contributed by atoms with E-state index in [1.165, 1.54) is 0 Å². The molecule has 0 amide bonds. The van der Waals surface area contributed by atoms with Crippen molar-refractivity contribution in [3.63, 3.8) is 0 Å². The van der Waals surface area contributed by atoms with Crippen LogP contribution in [0.5, 0.6) is 0 Å². The average molecular weight is 295 g/mol. The van der Waals surface area contributed by atoms with Gasteiger partial charge in [-0.3, -0.25) is 0 Å². The molecule has 1 aliphatic rings. The third-order valence-electron chi connectivity index (χ3n) is 3.88. The zero-order chi connectivity index (χ0) is 15.9. The van der Waals surface area contributed by atoms with E-state index in [1.54, 1.807) is 19.9 Å². The van der Waals surface area contributed by atoms with Crippen LogP contribution < -0.4 is 0 Å². The lowest BCUT2D eigenvalue weighted by Crippen LogP contribution is -1.97. The van der Waals surface area contributed by atoms with Gasteiger partial charge in [0.25, 0.3) is 0 Å². The third kappa shape index (κ3) is 2.26. The highest BCUT2D eigenvalue weighted by Crippen LogP contribution is 2.27. The van der Waals surface area contributed by atoms with Crippen LogP contribution in [0.2, 0.25) is 0 Å². The van der Waals surface area contributed by atoms with Crippen LogP contribution in [0.4, 0.5) is 0 Å². The molecule has 0 bridgehead atoms. The maximum atomic E-state index is 11.8. The molecule has 0 N–H and O–H groups in total. The number of aromatic nitrogens is 1. The number of hydrogen-bond donors (Lipinski definition) is 0. The van der Waals surface area contributed by atoms with Gasteiger partial charge in [0.05, 0.1) is 11.1 Å². The second kappa shape index (κ2) is 5.30. The van der Waals surface area contributed by atoms with Crippen LogP contribution in [0, 0.1) is 0 Å². The summed E-state index contributed by atoms with van der Waals surface area (Å²) in [7, 11) is 1.99. The molecule has 2 heterocycles. The first-order valence-electron chi connectivity index (χ1n) is 7.16. The van der Waals surface area contributed by atoms with Gasteiger partial charge in [-0.15, -0.1) is 0 Å². The fourth-order valence-corrected chi connectivity index (χ4v) is 2.86. The smallest absolute Gasteiger partial charge is 0.346 e. The van der Waals surface area contributed by atoms with Gasteiger partial charge >= 0.3 is 11.9 Å². The highest BCUT2D eigenvalue weighted by molar-refractivity contribution is 6.18. The number of nitrogens with zero attached hydrogens (tertiary/aromatic N) is 1. The molecule has 1 aromatic carbocycles. The largest absolute Gasteiger partial charge is 0.386 e. The van der Waals surface area contributed by atoms with Crippen molar-refractivity contribution >= 4 is 22.8 Å². The molecule has 0 spiro atoms. The molecule has 0 atom stereocenters. The first-order valence-corrected chi connectivity index (χ1v) is 7.16. The van der Waals surface area contributed by atoms with Crippen molar-refractivity contribution in [2.45, 2.75) is 20.3 Å². The van der Waals surface area contributed by atoms with E-state index in [0.29, 0.717) is 17.6 Å². The molecule has 4 heteroatoms. The summed E-state index contributed by atoms with van der Waals surface area (Å²) in [5.41, 5.74) is 3.82. The van der Waals surface area contributed by atoms with Gasteiger partial charge in [-0.2, -0.15) is 0 Å². The van der Waals surface area contributed by atoms with Crippen LogP contribution in [-0.2, 0) is 27.8 Å². The third-order valence-corrected chi connectivity index (χ3v) is 3.88. The molecule has 112 valence electrons. The number of esters is 2. The Balaban J connectivity index is 2.01. The van der Waals surface area contributed by atoms with Gasteiger partial charge in [-0.05, 0) is 31.9 Å². The molecule has 2 aromatic rings. The van der Waals surface area contributed by atoms with Crippen LogP contribution in [0.3, 0.4) is 0 Å². The van der Waals surface area contributed by atoms with Crippen molar-refractivity contribution in [3.05, 3.63) is 58.8 Å². The number of fused-ring (bicyclic) bond motifs is 1. The maximum absolute atomic E-state index is 11.8. The summed E-state index contributed by atoms with van der Waals surface area (Å²) in [5.74, 6) is -1.10. The van der Waals surface area contributed by atoms with Crippen molar-refractivity contribution in [2.75, 3.05) is 0 Å². The summed E-state index contributed by atoms with van der Waals surface area (Å²) in [5, 5.41) is 1.15. The summed E-state index contributed by atoms with van der Waals surface area (Å²) in [6.45, 7) is 3.61. The molecule has 4 nitrogen and oxygen atoms in total. The lowest BCUT2D eigenvalue weighted by molar-refractivity contribution is -0.149. The number of carbonyl (C=O) groups is 2. The van der Waals surface area contributed by atoms with Crippen molar-refractivity contribution in [2.24, 2.45) is 7.05 Å². The van der Waals surface area contributed by atoms with Gasteiger partial charge in [-0.1, -0.05) is 29.8 Å². The van der Waals surface area contributed by atoms with Gasteiger partial charge in [0.1, 0.15) is 0 Å². The van der Waals surface area contributed by atoms with Crippen LogP contribution >= 0.6 is 0 Å². The van der Waals surface area contributed by atoms with Gasteiger partial charge in [0, 0.05) is 24.1 Å². The number of cyclic esters (lactones) is 2. The van der Waals surface area contributed by atoms with Gasteiger partial charge in [0.2, 0.25) is 0 Å². The number of para-hydroxylation sites is 1. The number of benzene rings is 1. The van der Waals surface area contributed by atoms with E-state index < -0.39 is 11.9 Å². The van der Waals surface area contributed by atoms with Crippen LogP contribution in [0.1, 0.15) is 19.4 Å². The Morgan fingerprint density at radius 2 is 1.91 bits per heavy atom. The Bertz CT molecular complexity index is 848. The number of allylic oxidation sites excluding steroid dienone is 2. The zero-order valence-corrected chi connectivity index (χ0v) is 12.8. The van der Waals surface area contributed by atoms with Crippen LogP contribution in [-0.4, -0.2) is 16.5 Å². The topological polar surface area (TPSA) is 48.3 Å². The molecule has 3 rings (SSSR count). The molecule has 1 aliphatic heterocycles. The van der Waals surface area contributed by atoms with E-state index in [1.807, 2.05) is 25.4 Å². The number of carbonyl (C=O) groups excluding carboxylic acids is 2. The predicted molar refractivity (Wildman–Crippen MR) is 84.2 cm³/mol. The Kier molecular flexibility index (Phi) is 3.45. The minimum absolute atomic E-state index is 0.373. The molecular formula is C18H17NO3. The Labute approximate surface area is 128 Å². The summed E-state index contributed by atoms with van der Waals surface area (Å²) < 4.78 is 6.78. The van der Waals surface area contributed by atoms with Crippen LogP contribution in [0.15, 0.2) is 53.3 Å². The second-order valence-corrected chi connectivity index (χ2v) is 5.66. The molecule has 0 radical (unpaired) electrons. The summed E-state index contributed by atoms with van der Waals surface area (Å²) >= 11 is 0. The lowest BCUT2D eigenvalue weighted by Gasteiger charge is -1.98. The molecule has 0 unspecified atom stereocenters. The summed E-state index contributed by atoms with van der Waals surface area (Å²) in [6, 6.07) is 8.11. The monoisotopic (exact) mass is 295 g/mol. The van der Waals surface area contributed by atoms with Crippen molar-refractivity contribution in [1.82, 2.24) is 4.57 Å². The fourth-order valence-electron chi connectivity index (χ4n) is 2.86. The molecule has 0 aliphatic carbocycles. The fraction of sp³-hybridized carbons (Fsp3) is 0.222. The minimum atomic E-state index is -0.554. The van der Waals surface area contributed by atoms with Gasteiger partial charge in [0.15, 0.2) is 0 Å². The Morgan fingerprint density at radius 1 is 1.18 bits per heavy atom. The molecule has 1 fully saturated rings. The Hall–Kier alpha value is -2.62. The van der Waals surface area contributed by atoms with E-state index in [4.69, 9.17) is 4.74 Å². The van der Waals surface area contributed by atoms with Crippen molar-refractivity contribution in [3.8, 4) is 0 Å². The van der Waals surface area contributed by atoms with Gasteiger partial charge < -0.3 is 9.30 Å². The van der Waals surface area contributed by atoms with E-state index in [-0.39, 0.29) is 0 Å². The SMILES string of the molecule is CC(C)=C1C(=O)OC(=O)C1=CCc1cn(C)c2ccccc12. The van der Waals surface area contributed by atoms with E-state index in [2.05, 4.69) is 16.7 Å². The highest BCUT2D eigenvalue weighted by atomic mass is 16.6. The second-order valence-electron chi connectivity index (χ2n) is 5.66. The number of aryl methyl sites for hydroxylation is 1. The number of ether oxygens (including phenoxy) is 1. The van der Waals surface area contributed by atoms with Crippen molar-refractivity contribution in [1.29, 1.82) is 0 Å². The highest BCUT2D eigenvalue weighted by Gasteiger charge is 2.33. The van der Waals surface area contributed by atoms with Gasteiger partial charge in [-0.25, -0.2) is 9.59 Å². The number of rotatable bonds is 2. The molecular weight excluding hydrogens is 278 g/mol. The first kappa shape index (κ1) is 14.3. The molecule has 1 aromatic heterocycles. The molecule has 22 heavy (non-hydrogen) atoms. The van der Waals surface area contributed by atoms with Crippen molar-refractivity contribution < 1.29 is 14.3 Å². The predicted octanol–water partition coefficient (Wildman–Crippen LogP) is 3.07. The van der Waals surface area contributed by atoms with E-state index in [0.717, 1.165) is 22.0 Å². The normalized spacial score (nSPS) is 16.7. The summed E-state index contributed by atoms with van der Waals surface area (Å²) in [6.07, 6.45) is 4.42. The minimum Gasteiger partial charge on any atom is -0.386 e. The maximum Gasteiger partial charge on any atom is 0.346 e. The van der Waals surface area contributed by atoms with E-state index in [9.17, 15) is 9.59 Å². The number of hydrogen-bond acceptors (Lipinski definition) is 3. The quantitative estimate of drug-likeness (QED) is 0.486. The standard InChI is InChI=1S/C18H17NO3/c1-11(2)16-14(17(20)22-18(16)21)9-8-12-10-19(3)15-7-5-4-6-13(12)15/h4-7,9-10H,8H2,1-3H3. The summed E-state index contributed by atoms with van der Waals surface area (Å²) in [4.78, 5) is 23.6. The first-order chi connectivity index (χ1) is 10.5. The van der Waals surface area contributed by atoms with Crippen LogP contribution in [0.25, 0.3) is 10.9 Å². The molecule has 0 saturated carbocycles. The molecule has 1 saturated heterocycles. The van der Waals surface area contributed by atoms with E-state index >= 15 is 0 Å². The average Bonchev–Trinajstić information content (AvgIpc) is 2.94. The lowest BCUT2D eigenvalue weighted by atomic mass is 10.0.